The van der Waals surface area contributed by atoms with Crippen molar-refractivity contribution in [3.63, 3.8) is 0 Å². The summed E-state index contributed by atoms with van der Waals surface area (Å²) in [6, 6.07) is 7.01. The van der Waals surface area contributed by atoms with Crippen LogP contribution in [0.4, 0.5) is 0 Å². The molecule has 1 aromatic carbocycles. The number of hydrogen-bond acceptors (Lipinski definition) is 2. The monoisotopic (exact) mass is 178 g/mol. The highest BCUT2D eigenvalue weighted by atomic mass is 16.4. The fraction of sp³-hybridized carbons (Fsp3) is 0.100. The summed E-state index contributed by atoms with van der Waals surface area (Å²) in [7, 11) is 0. The summed E-state index contributed by atoms with van der Waals surface area (Å²) in [6.07, 6.45) is 2.58. The molecule has 0 radical (unpaired) electrons. The van der Waals surface area contributed by atoms with E-state index in [9.17, 15) is 4.79 Å². The van der Waals surface area contributed by atoms with Crippen LogP contribution in [-0.4, -0.2) is 16.2 Å². The zero-order valence-electron chi connectivity index (χ0n) is 6.97. The second-order valence-electron chi connectivity index (χ2n) is 2.57. The summed E-state index contributed by atoms with van der Waals surface area (Å²) >= 11 is 0. The van der Waals surface area contributed by atoms with Gasteiger partial charge in [-0.25, -0.2) is 4.79 Å². The first-order valence-electron chi connectivity index (χ1n) is 3.83. The van der Waals surface area contributed by atoms with Gasteiger partial charge in [-0.15, -0.1) is 0 Å². The molecule has 2 N–H and O–H groups in total. The largest absolute Gasteiger partial charge is 0.478 e. The number of aliphatic hydroxyl groups is 1. The van der Waals surface area contributed by atoms with Gasteiger partial charge >= 0.3 is 5.97 Å². The van der Waals surface area contributed by atoms with Crippen molar-refractivity contribution < 1.29 is 15.0 Å². The predicted octanol–water partition coefficient (Wildman–Crippen LogP) is 1.28. The Hall–Kier alpha value is -1.61. The van der Waals surface area contributed by atoms with Gasteiger partial charge in [0.1, 0.15) is 0 Å². The Kier molecular flexibility index (Phi) is 3.23. The third-order valence-corrected chi connectivity index (χ3v) is 1.58. The molecular weight excluding hydrogens is 168 g/mol. The first-order chi connectivity index (χ1) is 6.22. The Morgan fingerprint density at radius 3 is 2.38 bits per heavy atom. The number of rotatable bonds is 3. The van der Waals surface area contributed by atoms with Crippen LogP contribution in [0.2, 0.25) is 0 Å². The maximum Gasteiger partial charge on any atom is 0.328 e. The molecule has 3 heteroatoms. The molecule has 0 spiro atoms. The van der Waals surface area contributed by atoms with Gasteiger partial charge < -0.3 is 10.2 Å². The molecular formula is C10H10O3. The van der Waals surface area contributed by atoms with Gasteiger partial charge in [0.25, 0.3) is 0 Å². The molecule has 0 aliphatic rings. The molecule has 1 rings (SSSR count). The predicted molar refractivity (Wildman–Crippen MR) is 49.0 cm³/mol. The highest BCUT2D eigenvalue weighted by Crippen LogP contribution is 2.05. The molecule has 1 aromatic rings. The summed E-state index contributed by atoms with van der Waals surface area (Å²) in [6.45, 7) is 0.00290. The average molecular weight is 178 g/mol. The van der Waals surface area contributed by atoms with Crippen molar-refractivity contribution in [2.24, 2.45) is 0 Å². The molecule has 0 saturated carbocycles. The molecule has 3 nitrogen and oxygen atoms in total. The van der Waals surface area contributed by atoms with E-state index in [2.05, 4.69) is 0 Å². The molecule has 13 heavy (non-hydrogen) atoms. The summed E-state index contributed by atoms with van der Waals surface area (Å²) in [5.74, 6) is -0.966. The van der Waals surface area contributed by atoms with Crippen LogP contribution in [0.3, 0.4) is 0 Å². The van der Waals surface area contributed by atoms with Crippen LogP contribution in [-0.2, 0) is 11.4 Å². The fourth-order valence-corrected chi connectivity index (χ4v) is 0.902. The number of carbonyl (C=O) groups is 1. The number of carboxylic acid groups (broad SMARTS) is 1. The van der Waals surface area contributed by atoms with Crippen molar-refractivity contribution in [2.45, 2.75) is 6.61 Å². The van der Waals surface area contributed by atoms with E-state index in [0.717, 1.165) is 17.2 Å². The Balaban J connectivity index is 2.75. The van der Waals surface area contributed by atoms with Crippen LogP contribution in [0, 0.1) is 0 Å². The molecule has 0 aliphatic carbocycles. The Morgan fingerprint density at radius 2 is 1.92 bits per heavy atom. The Morgan fingerprint density at radius 1 is 1.31 bits per heavy atom. The maximum atomic E-state index is 10.2. The van der Waals surface area contributed by atoms with E-state index in [-0.39, 0.29) is 6.61 Å². The molecule has 68 valence electrons. The van der Waals surface area contributed by atoms with E-state index >= 15 is 0 Å². The van der Waals surface area contributed by atoms with Crippen molar-refractivity contribution in [1.29, 1.82) is 0 Å². The normalized spacial score (nSPS) is 10.5. The molecule has 0 amide bonds. The molecule has 0 aromatic heterocycles. The minimum absolute atomic E-state index is 0.00290. The topological polar surface area (TPSA) is 57.5 Å². The van der Waals surface area contributed by atoms with Gasteiger partial charge in [-0.2, -0.15) is 0 Å². The van der Waals surface area contributed by atoms with E-state index in [4.69, 9.17) is 10.2 Å². The molecule has 0 saturated heterocycles. The first-order valence-corrected chi connectivity index (χ1v) is 3.83. The van der Waals surface area contributed by atoms with Crippen molar-refractivity contribution in [3.8, 4) is 0 Å². The maximum absolute atomic E-state index is 10.2. The van der Waals surface area contributed by atoms with Gasteiger partial charge in [-0.05, 0) is 17.2 Å². The number of hydrogen-bond donors (Lipinski definition) is 2. The van der Waals surface area contributed by atoms with E-state index in [1.54, 1.807) is 24.3 Å². The van der Waals surface area contributed by atoms with Crippen LogP contribution in [0.15, 0.2) is 30.3 Å². The van der Waals surface area contributed by atoms with Crippen molar-refractivity contribution in [3.05, 3.63) is 41.5 Å². The lowest BCUT2D eigenvalue weighted by Gasteiger charge is -1.95. The molecule has 0 heterocycles. The van der Waals surface area contributed by atoms with E-state index in [1.165, 1.54) is 6.08 Å². The Bertz CT molecular complexity index is 311. The van der Waals surface area contributed by atoms with Crippen LogP contribution in [0.25, 0.3) is 6.08 Å². The second kappa shape index (κ2) is 4.42. The average Bonchev–Trinajstić information content (AvgIpc) is 2.15. The van der Waals surface area contributed by atoms with E-state index < -0.39 is 5.97 Å². The third kappa shape index (κ3) is 3.09. The van der Waals surface area contributed by atoms with Gasteiger partial charge in [0.05, 0.1) is 6.61 Å². The van der Waals surface area contributed by atoms with Crippen LogP contribution in [0.5, 0.6) is 0 Å². The smallest absolute Gasteiger partial charge is 0.328 e. The molecule has 0 bridgehead atoms. The van der Waals surface area contributed by atoms with Gasteiger partial charge in [0, 0.05) is 6.08 Å². The summed E-state index contributed by atoms with van der Waals surface area (Å²) in [4.78, 5) is 10.2. The van der Waals surface area contributed by atoms with Crippen molar-refractivity contribution in [2.75, 3.05) is 0 Å². The van der Waals surface area contributed by atoms with Gasteiger partial charge in [-0.3, -0.25) is 0 Å². The van der Waals surface area contributed by atoms with Gasteiger partial charge in [0.15, 0.2) is 0 Å². The summed E-state index contributed by atoms with van der Waals surface area (Å²) in [5, 5.41) is 17.1. The SMILES string of the molecule is O=C(O)C=Cc1ccc(CO)cc1. The number of benzene rings is 1. The number of carboxylic acids is 1. The zero-order chi connectivity index (χ0) is 9.68. The lowest BCUT2D eigenvalue weighted by Crippen LogP contribution is -1.86. The molecule has 0 unspecified atom stereocenters. The first kappa shape index (κ1) is 9.48. The number of aliphatic hydroxyl groups excluding tert-OH is 1. The minimum atomic E-state index is -0.966. The standard InChI is InChI=1S/C10H10O3/c11-7-9-3-1-8(2-4-9)5-6-10(12)13/h1-6,11H,7H2,(H,12,13). The highest BCUT2D eigenvalue weighted by molar-refractivity contribution is 5.85. The lowest BCUT2D eigenvalue weighted by atomic mass is 10.1. The molecule has 0 aliphatic heterocycles. The van der Waals surface area contributed by atoms with Crippen LogP contribution < -0.4 is 0 Å². The van der Waals surface area contributed by atoms with Crippen LogP contribution in [0.1, 0.15) is 11.1 Å². The van der Waals surface area contributed by atoms with Crippen LogP contribution >= 0.6 is 0 Å². The Labute approximate surface area is 76.0 Å². The van der Waals surface area contributed by atoms with Crippen molar-refractivity contribution in [1.82, 2.24) is 0 Å². The quantitative estimate of drug-likeness (QED) is 0.685. The third-order valence-electron chi connectivity index (χ3n) is 1.58. The second-order valence-corrected chi connectivity index (χ2v) is 2.57. The fourth-order valence-electron chi connectivity index (χ4n) is 0.902. The van der Waals surface area contributed by atoms with E-state index in [1.807, 2.05) is 0 Å². The van der Waals surface area contributed by atoms with Gasteiger partial charge in [0.2, 0.25) is 0 Å². The van der Waals surface area contributed by atoms with Crippen molar-refractivity contribution >= 4 is 12.0 Å². The number of aliphatic carboxylic acids is 1. The van der Waals surface area contributed by atoms with E-state index in [0.29, 0.717) is 0 Å². The summed E-state index contributed by atoms with van der Waals surface area (Å²) in [5.41, 5.74) is 1.62. The van der Waals surface area contributed by atoms with Gasteiger partial charge in [-0.1, -0.05) is 24.3 Å². The zero-order valence-corrected chi connectivity index (χ0v) is 6.97. The molecule has 0 fully saturated rings. The highest BCUT2D eigenvalue weighted by Gasteiger charge is 1.90. The molecule has 0 atom stereocenters. The minimum Gasteiger partial charge on any atom is -0.478 e. The summed E-state index contributed by atoms with van der Waals surface area (Å²) < 4.78 is 0. The lowest BCUT2D eigenvalue weighted by molar-refractivity contribution is -0.131.